The number of likely N-dealkylation sites (tertiary alicyclic amines) is 1. The first kappa shape index (κ1) is 20.1. The summed E-state index contributed by atoms with van der Waals surface area (Å²) in [5.41, 5.74) is 0. The van der Waals surface area contributed by atoms with Gasteiger partial charge in [0, 0.05) is 25.4 Å². The van der Waals surface area contributed by atoms with Crippen LogP contribution in [-0.4, -0.2) is 47.7 Å². The molecule has 0 radical (unpaired) electrons. The molecule has 2 aromatic rings. The molecule has 2 aromatic heterocycles. The third kappa shape index (κ3) is 5.65. The summed E-state index contributed by atoms with van der Waals surface area (Å²) in [6, 6.07) is 4.72. The Morgan fingerprint density at radius 1 is 1.40 bits per heavy atom. The molecule has 1 atom stereocenters. The van der Waals surface area contributed by atoms with Gasteiger partial charge in [-0.05, 0) is 37.4 Å². The maximum atomic E-state index is 4.98. The maximum Gasteiger partial charge on any atom is 0.223 e. The first-order valence-electron chi connectivity index (χ1n) is 8.27. The minimum Gasteiger partial charge on any atom is -0.354 e. The zero-order chi connectivity index (χ0) is 16.8. The molecular formula is C16H25IN6OS. The number of rotatable bonds is 6. The molecule has 3 heterocycles. The molecule has 0 amide bonds. The van der Waals surface area contributed by atoms with E-state index in [9.17, 15) is 0 Å². The molecule has 1 aliphatic heterocycles. The number of hydrogen-bond donors (Lipinski definition) is 2. The molecule has 2 N–H and O–H groups in total. The summed E-state index contributed by atoms with van der Waals surface area (Å²) >= 11 is 1.82. The smallest absolute Gasteiger partial charge is 0.223 e. The van der Waals surface area contributed by atoms with Crippen LogP contribution in [0.3, 0.4) is 0 Å². The molecule has 0 bridgehead atoms. The third-order valence-corrected chi connectivity index (χ3v) is 5.10. The van der Waals surface area contributed by atoms with Gasteiger partial charge in [0.15, 0.2) is 11.8 Å². The van der Waals surface area contributed by atoms with Crippen molar-refractivity contribution in [3.63, 3.8) is 0 Å². The van der Waals surface area contributed by atoms with Crippen LogP contribution in [0.2, 0.25) is 0 Å². The number of guanidine groups is 1. The van der Waals surface area contributed by atoms with Gasteiger partial charge >= 0.3 is 0 Å². The molecule has 0 aliphatic carbocycles. The van der Waals surface area contributed by atoms with Gasteiger partial charge in [-0.15, -0.1) is 35.3 Å². The molecule has 1 unspecified atom stereocenters. The predicted molar refractivity (Wildman–Crippen MR) is 111 cm³/mol. The Bertz CT molecular complexity index is 653. The molecule has 25 heavy (non-hydrogen) atoms. The first-order chi connectivity index (χ1) is 11.8. The fraction of sp³-hybridized carbons (Fsp3) is 0.562. The lowest BCUT2D eigenvalue weighted by molar-refractivity contribution is 0.249. The minimum atomic E-state index is 0. The van der Waals surface area contributed by atoms with Gasteiger partial charge in [0.1, 0.15) is 0 Å². The predicted octanol–water partition coefficient (Wildman–Crippen LogP) is 2.56. The minimum absolute atomic E-state index is 0. The van der Waals surface area contributed by atoms with E-state index in [1.807, 2.05) is 11.3 Å². The van der Waals surface area contributed by atoms with Gasteiger partial charge in [-0.25, -0.2) is 0 Å². The number of aliphatic imine (C=N–C) groups is 1. The second-order valence-electron chi connectivity index (χ2n) is 5.81. The highest BCUT2D eigenvalue weighted by molar-refractivity contribution is 14.0. The summed E-state index contributed by atoms with van der Waals surface area (Å²) in [5.74, 6) is 1.95. The van der Waals surface area contributed by atoms with Crippen LogP contribution in [0.4, 0.5) is 0 Å². The molecule has 1 saturated heterocycles. The van der Waals surface area contributed by atoms with E-state index in [0.717, 1.165) is 12.5 Å². The number of aryl methyl sites for hydroxylation is 1. The van der Waals surface area contributed by atoms with Gasteiger partial charge < -0.3 is 15.2 Å². The Hall–Kier alpha value is -1.20. The van der Waals surface area contributed by atoms with Crippen molar-refractivity contribution in [2.75, 3.05) is 26.7 Å². The van der Waals surface area contributed by atoms with E-state index in [2.05, 4.69) is 48.2 Å². The largest absolute Gasteiger partial charge is 0.354 e. The van der Waals surface area contributed by atoms with Crippen molar-refractivity contribution in [3.05, 3.63) is 34.1 Å². The molecule has 9 heteroatoms. The molecule has 3 rings (SSSR count). The Morgan fingerprint density at radius 2 is 2.20 bits per heavy atom. The summed E-state index contributed by atoms with van der Waals surface area (Å²) in [5, 5.41) is 12.7. The van der Waals surface area contributed by atoms with E-state index < -0.39 is 0 Å². The molecule has 0 saturated carbocycles. The summed E-state index contributed by atoms with van der Waals surface area (Å²) in [4.78, 5) is 12.4. The molecule has 1 aliphatic rings. The van der Waals surface area contributed by atoms with Crippen molar-refractivity contribution in [1.29, 1.82) is 0 Å². The lowest BCUT2D eigenvalue weighted by atomic mass is 10.2. The number of hydrogen-bond acceptors (Lipinski definition) is 6. The zero-order valence-electron chi connectivity index (χ0n) is 14.6. The van der Waals surface area contributed by atoms with Crippen LogP contribution in [-0.2, 0) is 6.54 Å². The average Bonchev–Trinajstić information content (AvgIpc) is 3.33. The maximum absolute atomic E-state index is 4.98. The van der Waals surface area contributed by atoms with E-state index >= 15 is 0 Å². The van der Waals surface area contributed by atoms with E-state index in [-0.39, 0.29) is 24.0 Å². The normalized spacial score (nSPS) is 16.5. The van der Waals surface area contributed by atoms with Crippen LogP contribution in [0.1, 0.15) is 35.5 Å². The van der Waals surface area contributed by atoms with Crippen LogP contribution in [0.5, 0.6) is 0 Å². The zero-order valence-corrected chi connectivity index (χ0v) is 17.7. The van der Waals surface area contributed by atoms with E-state index in [1.54, 1.807) is 14.0 Å². The van der Waals surface area contributed by atoms with Gasteiger partial charge in [0.05, 0.1) is 12.6 Å². The molecule has 138 valence electrons. The fourth-order valence-corrected chi connectivity index (χ4v) is 3.79. The van der Waals surface area contributed by atoms with Crippen LogP contribution < -0.4 is 10.6 Å². The lowest BCUT2D eigenvalue weighted by Gasteiger charge is -2.27. The van der Waals surface area contributed by atoms with Crippen LogP contribution in [0.25, 0.3) is 0 Å². The second kappa shape index (κ2) is 10.1. The highest BCUT2D eigenvalue weighted by atomic mass is 127. The number of aromatic nitrogens is 2. The number of nitrogens with zero attached hydrogens (tertiary/aromatic N) is 4. The first-order valence-corrected chi connectivity index (χ1v) is 9.15. The van der Waals surface area contributed by atoms with Crippen molar-refractivity contribution < 1.29 is 4.52 Å². The highest BCUT2D eigenvalue weighted by Gasteiger charge is 2.24. The lowest BCUT2D eigenvalue weighted by Crippen LogP contribution is -2.42. The van der Waals surface area contributed by atoms with Crippen molar-refractivity contribution in [2.45, 2.75) is 32.4 Å². The van der Waals surface area contributed by atoms with Crippen molar-refractivity contribution in [1.82, 2.24) is 25.7 Å². The topological polar surface area (TPSA) is 78.6 Å². The Labute approximate surface area is 169 Å². The van der Waals surface area contributed by atoms with Crippen LogP contribution in [0, 0.1) is 6.92 Å². The second-order valence-corrected chi connectivity index (χ2v) is 6.79. The van der Waals surface area contributed by atoms with Crippen molar-refractivity contribution >= 4 is 41.3 Å². The summed E-state index contributed by atoms with van der Waals surface area (Å²) in [6.07, 6.45) is 2.57. The quantitative estimate of drug-likeness (QED) is 0.379. The molecule has 1 fully saturated rings. The Balaban J connectivity index is 0.00000225. The summed E-state index contributed by atoms with van der Waals surface area (Å²) in [6.45, 7) is 5.43. The van der Waals surface area contributed by atoms with Gasteiger partial charge in [0.25, 0.3) is 0 Å². The number of halogens is 1. The number of nitrogens with one attached hydrogen (secondary N) is 2. The Morgan fingerprint density at radius 3 is 2.80 bits per heavy atom. The van der Waals surface area contributed by atoms with Gasteiger partial charge in [0.2, 0.25) is 5.89 Å². The van der Waals surface area contributed by atoms with E-state index in [1.165, 1.54) is 30.8 Å². The highest BCUT2D eigenvalue weighted by Crippen LogP contribution is 2.27. The third-order valence-electron chi connectivity index (χ3n) is 4.12. The van der Waals surface area contributed by atoms with Crippen molar-refractivity contribution in [2.24, 2.45) is 4.99 Å². The SMILES string of the molecule is CN=C(NCc1noc(C)n1)NCC(c1cccs1)N1CCCC1.I. The van der Waals surface area contributed by atoms with Crippen LogP contribution >= 0.6 is 35.3 Å². The molecule has 7 nitrogen and oxygen atoms in total. The number of thiophene rings is 1. The van der Waals surface area contributed by atoms with Gasteiger partial charge in [-0.3, -0.25) is 9.89 Å². The van der Waals surface area contributed by atoms with E-state index in [4.69, 9.17) is 4.52 Å². The summed E-state index contributed by atoms with van der Waals surface area (Å²) < 4.78 is 4.98. The standard InChI is InChI=1S/C16H24N6OS.HI/c1-12-20-15(21-23-12)11-19-16(17-2)18-10-13(14-6-5-9-24-14)22-7-3-4-8-22;/h5-6,9,13H,3-4,7-8,10-11H2,1-2H3,(H2,17,18,19);1H. The molecular weight excluding hydrogens is 451 g/mol. The molecule has 0 spiro atoms. The average molecular weight is 476 g/mol. The molecule has 0 aromatic carbocycles. The monoisotopic (exact) mass is 476 g/mol. The van der Waals surface area contributed by atoms with E-state index in [0.29, 0.717) is 24.3 Å². The van der Waals surface area contributed by atoms with Crippen molar-refractivity contribution in [3.8, 4) is 0 Å². The fourth-order valence-electron chi connectivity index (χ4n) is 2.93. The van der Waals surface area contributed by atoms with Gasteiger partial charge in [-0.2, -0.15) is 4.98 Å². The van der Waals surface area contributed by atoms with Gasteiger partial charge in [-0.1, -0.05) is 11.2 Å². The van der Waals surface area contributed by atoms with Crippen LogP contribution in [0.15, 0.2) is 27.0 Å². The Kier molecular flexibility index (Phi) is 8.10. The summed E-state index contributed by atoms with van der Waals surface area (Å²) in [7, 11) is 1.77.